The van der Waals surface area contributed by atoms with Crippen LogP contribution >= 0.6 is 0 Å². The van der Waals surface area contributed by atoms with Gasteiger partial charge in [0.25, 0.3) is 0 Å². The maximum Gasteiger partial charge on any atom is 0.302 e. The highest BCUT2D eigenvalue weighted by molar-refractivity contribution is 7.86. The summed E-state index contributed by atoms with van der Waals surface area (Å²) in [4.78, 5) is 15.2. The van der Waals surface area contributed by atoms with Gasteiger partial charge in [0.05, 0.1) is 5.75 Å². The average molecular weight is 266 g/mol. The Bertz CT molecular complexity index is 370. The third kappa shape index (κ3) is 5.45. The molecule has 1 saturated heterocycles. The second-order valence-electron chi connectivity index (χ2n) is 4.77. The molecule has 1 aliphatic heterocycles. The normalized spacial score (nSPS) is 21.5. The molecule has 0 bridgehead atoms. The molecule has 1 heterocycles. The van der Waals surface area contributed by atoms with E-state index in [0.717, 1.165) is 13.0 Å². The molecule has 0 saturated carbocycles. The van der Waals surface area contributed by atoms with E-state index in [-0.39, 0.29) is 12.3 Å². The van der Waals surface area contributed by atoms with Crippen LogP contribution in [0.1, 0.15) is 12.8 Å². The van der Waals surface area contributed by atoms with E-state index in [2.05, 4.69) is 0 Å². The zero-order valence-electron chi connectivity index (χ0n) is 10.2. The molecule has 0 spiro atoms. The fraction of sp³-hybridized carbons (Fsp3) is 0.900. The Balaban J connectivity index is 2.37. The summed E-state index contributed by atoms with van der Waals surface area (Å²) in [5.41, 5.74) is 0. The number of hydrogen-bond donors (Lipinski definition) is 0. The summed E-state index contributed by atoms with van der Waals surface area (Å²) in [5, 5.41) is 0. The minimum Gasteiger partial charge on any atom is -0.342 e. The van der Waals surface area contributed by atoms with Gasteiger partial charge in [-0.15, -0.1) is 3.89 Å². The lowest BCUT2D eigenvalue weighted by atomic mass is 10.1. The number of rotatable bonds is 6. The monoisotopic (exact) mass is 266 g/mol. The molecule has 0 aromatic rings. The van der Waals surface area contributed by atoms with Crippen molar-refractivity contribution in [1.29, 1.82) is 0 Å². The summed E-state index contributed by atoms with van der Waals surface area (Å²) < 4.78 is 33.5. The van der Waals surface area contributed by atoms with Gasteiger partial charge in [0.2, 0.25) is 5.91 Å². The smallest absolute Gasteiger partial charge is 0.302 e. The first kappa shape index (κ1) is 14.4. The summed E-state index contributed by atoms with van der Waals surface area (Å²) in [7, 11) is -0.578. The molecule has 1 unspecified atom stereocenters. The van der Waals surface area contributed by atoms with Crippen molar-refractivity contribution >= 4 is 16.1 Å². The first-order chi connectivity index (χ1) is 7.78. The summed E-state index contributed by atoms with van der Waals surface area (Å²) in [6, 6.07) is 0. The van der Waals surface area contributed by atoms with Crippen molar-refractivity contribution in [3.8, 4) is 0 Å². The summed E-state index contributed by atoms with van der Waals surface area (Å²) >= 11 is 0. The van der Waals surface area contributed by atoms with Crippen molar-refractivity contribution in [1.82, 2.24) is 9.80 Å². The average Bonchev–Trinajstić information content (AvgIpc) is 2.42. The molecule has 100 valence electrons. The van der Waals surface area contributed by atoms with E-state index >= 15 is 0 Å². The van der Waals surface area contributed by atoms with E-state index in [1.54, 1.807) is 4.90 Å². The molecule has 1 atom stereocenters. The van der Waals surface area contributed by atoms with E-state index in [4.69, 9.17) is 0 Å². The minimum atomic E-state index is -4.48. The lowest BCUT2D eigenvalue weighted by molar-refractivity contribution is -0.127. The van der Waals surface area contributed by atoms with Gasteiger partial charge in [-0.05, 0) is 27.1 Å². The van der Waals surface area contributed by atoms with Crippen molar-refractivity contribution in [3.63, 3.8) is 0 Å². The molecule has 1 rings (SSSR count). The molecule has 1 amide bonds. The van der Waals surface area contributed by atoms with Crippen molar-refractivity contribution in [3.05, 3.63) is 0 Å². The lowest BCUT2D eigenvalue weighted by Crippen LogP contribution is -2.29. The van der Waals surface area contributed by atoms with Crippen molar-refractivity contribution in [2.24, 2.45) is 5.92 Å². The largest absolute Gasteiger partial charge is 0.342 e. The van der Waals surface area contributed by atoms with Crippen LogP contribution in [0.3, 0.4) is 0 Å². The van der Waals surface area contributed by atoms with Gasteiger partial charge in [0, 0.05) is 25.4 Å². The van der Waals surface area contributed by atoms with Crippen LogP contribution in [-0.2, 0) is 15.0 Å². The lowest BCUT2D eigenvalue weighted by Gasteiger charge is -2.17. The van der Waals surface area contributed by atoms with E-state index in [1.165, 1.54) is 0 Å². The third-order valence-corrected chi connectivity index (χ3v) is 3.63. The molecule has 0 aromatic carbocycles. The van der Waals surface area contributed by atoms with Gasteiger partial charge in [-0.1, -0.05) is 0 Å². The number of hydrogen-bond acceptors (Lipinski definition) is 4. The number of amides is 1. The predicted molar refractivity (Wildman–Crippen MR) is 62.8 cm³/mol. The van der Waals surface area contributed by atoms with Gasteiger partial charge < -0.3 is 9.80 Å². The van der Waals surface area contributed by atoms with Gasteiger partial charge in [-0.25, -0.2) is 0 Å². The Morgan fingerprint density at radius 3 is 2.65 bits per heavy atom. The number of nitrogens with zero attached hydrogens (tertiary/aromatic N) is 2. The Kier molecular flexibility index (Phi) is 4.88. The third-order valence-electron chi connectivity index (χ3n) is 2.76. The van der Waals surface area contributed by atoms with Crippen LogP contribution in [0.15, 0.2) is 0 Å². The molecular weight excluding hydrogens is 247 g/mol. The predicted octanol–water partition coefficient (Wildman–Crippen LogP) is 0.0859. The molecule has 0 aromatic heterocycles. The van der Waals surface area contributed by atoms with E-state index in [1.807, 2.05) is 19.0 Å². The van der Waals surface area contributed by atoms with Crippen LogP contribution in [0.4, 0.5) is 3.89 Å². The Morgan fingerprint density at radius 2 is 2.12 bits per heavy atom. The van der Waals surface area contributed by atoms with E-state index in [0.29, 0.717) is 13.1 Å². The van der Waals surface area contributed by atoms with Gasteiger partial charge in [-0.3, -0.25) is 4.79 Å². The standard InChI is InChI=1S/C10H19FN2O3S/c1-12(2)4-3-5-13-7-9(6-10(13)14)8-17(11,15)16/h9H,3-8H2,1-2H3. The van der Waals surface area contributed by atoms with E-state index in [9.17, 15) is 17.1 Å². The molecule has 17 heavy (non-hydrogen) atoms. The van der Waals surface area contributed by atoms with Crippen molar-refractivity contribution in [2.45, 2.75) is 12.8 Å². The maximum absolute atomic E-state index is 12.5. The molecule has 0 N–H and O–H groups in total. The van der Waals surface area contributed by atoms with Gasteiger partial charge in [0.1, 0.15) is 0 Å². The number of likely N-dealkylation sites (tertiary alicyclic amines) is 1. The topological polar surface area (TPSA) is 57.7 Å². The highest BCUT2D eigenvalue weighted by Crippen LogP contribution is 2.20. The van der Waals surface area contributed by atoms with Crippen LogP contribution in [-0.4, -0.2) is 63.6 Å². The zero-order valence-corrected chi connectivity index (χ0v) is 11.0. The molecule has 0 aliphatic carbocycles. The summed E-state index contributed by atoms with van der Waals surface area (Å²) in [5.74, 6) is -1.00. The van der Waals surface area contributed by atoms with E-state index < -0.39 is 21.9 Å². The molecule has 7 heteroatoms. The molecule has 5 nitrogen and oxygen atoms in total. The Morgan fingerprint density at radius 1 is 1.47 bits per heavy atom. The molecule has 1 aliphatic rings. The summed E-state index contributed by atoms with van der Waals surface area (Å²) in [6.07, 6.45) is 0.985. The number of carbonyl (C=O) groups excluding carboxylic acids is 1. The van der Waals surface area contributed by atoms with Crippen LogP contribution in [0, 0.1) is 5.92 Å². The molecule has 0 radical (unpaired) electrons. The van der Waals surface area contributed by atoms with Crippen LogP contribution in [0.5, 0.6) is 0 Å². The van der Waals surface area contributed by atoms with Gasteiger partial charge in [0.15, 0.2) is 0 Å². The van der Waals surface area contributed by atoms with Crippen LogP contribution < -0.4 is 0 Å². The fourth-order valence-corrected chi connectivity index (χ4v) is 2.83. The second-order valence-corrected chi connectivity index (χ2v) is 6.18. The highest BCUT2D eigenvalue weighted by atomic mass is 32.3. The van der Waals surface area contributed by atoms with Crippen molar-refractivity contribution < 1.29 is 17.1 Å². The minimum absolute atomic E-state index is 0.0718. The second kappa shape index (κ2) is 5.77. The van der Waals surface area contributed by atoms with Gasteiger partial charge >= 0.3 is 10.2 Å². The first-order valence-electron chi connectivity index (χ1n) is 5.63. The highest BCUT2D eigenvalue weighted by Gasteiger charge is 2.32. The summed E-state index contributed by atoms with van der Waals surface area (Å²) in [6.45, 7) is 1.84. The first-order valence-corrected chi connectivity index (χ1v) is 7.18. The quantitative estimate of drug-likeness (QED) is 0.639. The zero-order chi connectivity index (χ0) is 13.1. The van der Waals surface area contributed by atoms with Gasteiger partial charge in [-0.2, -0.15) is 8.42 Å². The molecule has 1 fully saturated rings. The SMILES string of the molecule is CN(C)CCCN1CC(CS(=O)(=O)F)CC1=O. The number of halogens is 1. The Labute approximate surface area is 102 Å². The van der Waals surface area contributed by atoms with Crippen LogP contribution in [0.2, 0.25) is 0 Å². The number of carbonyl (C=O) groups is 1. The van der Waals surface area contributed by atoms with Crippen LogP contribution in [0.25, 0.3) is 0 Å². The van der Waals surface area contributed by atoms with Crippen molar-refractivity contribution in [2.75, 3.05) is 39.5 Å². The Hall–Kier alpha value is -0.690. The molecular formula is C10H19FN2O3S. The maximum atomic E-state index is 12.5. The fourth-order valence-electron chi connectivity index (χ4n) is 2.04.